The van der Waals surface area contributed by atoms with Crippen molar-refractivity contribution in [2.24, 2.45) is 5.84 Å². The van der Waals surface area contributed by atoms with Gasteiger partial charge in [-0.05, 0) is 51.3 Å². The van der Waals surface area contributed by atoms with E-state index in [9.17, 15) is 4.79 Å². The first-order valence-electron chi connectivity index (χ1n) is 7.01. The Morgan fingerprint density at radius 1 is 1.35 bits per heavy atom. The molecular weight excluding hydrogens is 254 g/mol. The van der Waals surface area contributed by atoms with E-state index in [0.717, 1.165) is 25.0 Å². The summed E-state index contributed by atoms with van der Waals surface area (Å²) < 4.78 is 5.44. The summed E-state index contributed by atoms with van der Waals surface area (Å²) in [5.74, 6) is 5.32. The highest BCUT2D eigenvalue weighted by Gasteiger charge is 2.10. The maximum atomic E-state index is 12.0. The number of nitrogen functional groups attached to an aromatic ring is 1. The first kappa shape index (κ1) is 16.5. The quantitative estimate of drug-likeness (QED) is 0.387. The molecule has 0 spiro atoms. The van der Waals surface area contributed by atoms with Gasteiger partial charge in [-0.2, -0.15) is 0 Å². The van der Waals surface area contributed by atoms with Crippen molar-refractivity contribution in [3.8, 4) is 0 Å². The average molecular weight is 279 g/mol. The fraction of sp³-hybridized carbons (Fsp3) is 0.533. The maximum Gasteiger partial charge on any atom is 0.253 e. The summed E-state index contributed by atoms with van der Waals surface area (Å²) in [6.45, 7) is 7.35. The summed E-state index contributed by atoms with van der Waals surface area (Å²) in [5, 5.41) is 2.89. The Morgan fingerprint density at radius 2 is 2.10 bits per heavy atom. The predicted octanol–water partition coefficient (Wildman–Crippen LogP) is 2.22. The van der Waals surface area contributed by atoms with Gasteiger partial charge in [0.25, 0.3) is 5.91 Å². The molecule has 5 heteroatoms. The van der Waals surface area contributed by atoms with Crippen LogP contribution in [0.4, 0.5) is 5.69 Å². The van der Waals surface area contributed by atoms with E-state index >= 15 is 0 Å². The zero-order valence-corrected chi connectivity index (χ0v) is 12.5. The van der Waals surface area contributed by atoms with Gasteiger partial charge < -0.3 is 15.5 Å². The molecule has 0 atom stereocenters. The van der Waals surface area contributed by atoms with Crippen LogP contribution < -0.4 is 16.6 Å². The molecule has 1 amide bonds. The zero-order chi connectivity index (χ0) is 15.0. The minimum atomic E-state index is -0.109. The van der Waals surface area contributed by atoms with E-state index in [1.807, 2.05) is 32.9 Å². The second kappa shape index (κ2) is 8.55. The third kappa shape index (κ3) is 5.59. The SMILES string of the molecule is Cc1ccc(C(=O)NCCCCOC(C)C)c(NN)c1. The fourth-order valence-electron chi connectivity index (χ4n) is 1.82. The van der Waals surface area contributed by atoms with Crippen molar-refractivity contribution in [1.29, 1.82) is 0 Å². The highest BCUT2D eigenvalue weighted by Crippen LogP contribution is 2.16. The van der Waals surface area contributed by atoms with Crippen LogP contribution in [0.1, 0.15) is 42.6 Å². The lowest BCUT2D eigenvalue weighted by molar-refractivity contribution is 0.0754. The molecular formula is C15H25N3O2. The standard InChI is InChI=1S/C15H25N3O2/c1-11(2)20-9-5-4-8-17-15(19)13-7-6-12(3)10-14(13)18-16/h6-7,10-11,18H,4-5,8-9,16H2,1-3H3,(H,17,19). The van der Waals surface area contributed by atoms with Crippen LogP contribution in [0.2, 0.25) is 0 Å². The van der Waals surface area contributed by atoms with E-state index in [1.165, 1.54) is 0 Å². The molecule has 0 heterocycles. The number of rotatable bonds is 8. The van der Waals surface area contributed by atoms with E-state index in [2.05, 4.69) is 10.7 Å². The van der Waals surface area contributed by atoms with Crippen molar-refractivity contribution in [1.82, 2.24) is 5.32 Å². The third-order valence-electron chi connectivity index (χ3n) is 2.88. The number of nitrogens with two attached hydrogens (primary N) is 1. The Balaban J connectivity index is 2.36. The highest BCUT2D eigenvalue weighted by molar-refractivity contribution is 5.99. The fourth-order valence-corrected chi connectivity index (χ4v) is 1.82. The largest absolute Gasteiger partial charge is 0.379 e. The number of carbonyl (C=O) groups is 1. The third-order valence-corrected chi connectivity index (χ3v) is 2.88. The molecule has 0 radical (unpaired) electrons. The number of ether oxygens (including phenoxy) is 1. The van der Waals surface area contributed by atoms with Crippen LogP contribution in [0, 0.1) is 6.92 Å². The van der Waals surface area contributed by atoms with Crippen molar-refractivity contribution in [2.75, 3.05) is 18.6 Å². The number of carbonyl (C=O) groups excluding carboxylic acids is 1. The van der Waals surface area contributed by atoms with Gasteiger partial charge in [0, 0.05) is 13.2 Å². The van der Waals surface area contributed by atoms with Crippen LogP contribution in [-0.2, 0) is 4.74 Å². The van der Waals surface area contributed by atoms with Gasteiger partial charge >= 0.3 is 0 Å². The molecule has 0 aliphatic heterocycles. The molecule has 112 valence electrons. The molecule has 0 aromatic heterocycles. The van der Waals surface area contributed by atoms with Gasteiger partial charge in [0.05, 0.1) is 17.4 Å². The van der Waals surface area contributed by atoms with Crippen molar-refractivity contribution in [2.45, 2.75) is 39.7 Å². The van der Waals surface area contributed by atoms with Crippen molar-refractivity contribution >= 4 is 11.6 Å². The monoisotopic (exact) mass is 279 g/mol. The van der Waals surface area contributed by atoms with E-state index in [-0.39, 0.29) is 12.0 Å². The van der Waals surface area contributed by atoms with Gasteiger partial charge in [0.2, 0.25) is 0 Å². The molecule has 0 aliphatic rings. The topological polar surface area (TPSA) is 76.4 Å². The molecule has 0 aliphatic carbocycles. The number of hydrogen-bond donors (Lipinski definition) is 3. The number of anilines is 1. The lowest BCUT2D eigenvalue weighted by atomic mass is 10.1. The Kier molecular flexibility index (Phi) is 7.04. The number of amides is 1. The van der Waals surface area contributed by atoms with Gasteiger partial charge in [0.1, 0.15) is 0 Å². The van der Waals surface area contributed by atoms with Crippen LogP contribution in [0.3, 0.4) is 0 Å². The van der Waals surface area contributed by atoms with Crippen LogP contribution >= 0.6 is 0 Å². The molecule has 1 aromatic rings. The molecule has 0 fully saturated rings. The Labute approximate surface area is 120 Å². The summed E-state index contributed by atoms with van der Waals surface area (Å²) in [5.41, 5.74) is 4.83. The van der Waals surface area contributed by atoms with E-state index in [0.29, 0.717) is 17.8 Å². The molecule has 0 bridgehead atoms. The molecule has 0 saturated carbocycles. The summed E-state index contributed by atoms with van der Waals surface area (Å²) in [6.07, 6.45) is 2.10. The van der Waals surface area contributed by atoms with Gasteiger partial charge in [-0.15, -0.1) is 0 Å². The zero-order valence-electron chi connectivity index (χ0n) is 12.5. The molecule has 5 nitrogen and oxygen atoms in total. The summed E-state index contributed by atoms with van der Waals surface area (Å²) >= 11 is 0. The normalized spacial score (nSPS) is 10.7. The van der Waals surface area contributed by atoms with Gasteiger partial charge in [-0.1, -0.05) is 6.07 Å². The Morgan fingerprint density at radius 3 is 2.75 bits per heavy atom. The number of hydrogen-bond acceptors (Lipinski definition) is 4. The smallest absolute Gasteiger partial charge is 0.253 e. The number of aryl methyl sites for hydroxylation is 1. The van der Waals surface area contributed by atoms with E-state index in [1.54, 1.807) is 6.07 Å². The lowest BCUT2D eigenvalue weighted by Crippen LogP contribution is -2.26. The van der Waals surface area contributed by atoms with Gasteiger partial charge in [0.15, 0.2) is 0 Å². The first-order chi connectivity index (χ1) is 9.54. The van der Waals surface area contributed by atoms with Gasteiger partial charge in [-0.3, -0.25) is 10.6 Å². The summed E-state index contributed by atoms with van der Waals surface area (Å²) in [7, 11) is 0. The summed E-state index contributed by atoms with van der Waals surface area (Å²) in [4.78, 5) is 12.0. The molecule has 20 heavy (non-hydrogen) atoms. The Hall–Kier alpha value is -1.59. The molecule has 4 N–H and O–H groups in total. The second-order valence-corrected chi connectivity index (χ2v) is 5.08. The van der Waals surface area contributed by atoms with Crippen LogP contribution in [0.25, 0.3) is 0 Å². The molecule has 0 saturated heterocycles. The van der Waals surface area contributed by atoms with Gasteiger partial charge in [-0.25, -0.2) is 0 Å². The van der Waals surface area contributed by atoms with Crippen molar-refractivity contribution < 1.29 is 9.53 Å². The summed E-state index contributed by atoms with van der Waals surface area (Å²) in [6, 6.07) is 5.53. The first-order valence-corrected chi connectivity index (χ1v) is 7.01. The van der Waals surface area contributed by atoms with Crippen LogP contribution in [0.5, 0.6) is 0 Å². The van der Waals surface area contributed by atoms with Crippen molar-refractivity contribution in [3.63, 3.8) is 0 Å². The number of nitrogens with one attached hydrogen (secondary N) is 2. The average Bonchev–Trinajstić information content (AvgIpc) is 2.41. The predicted molar refractivity (Wildman–Crippen MR) is 81.6 cm³/mol. The van der Waals surface area contributed by atoms with Crippen molar-refractivity contribution in [3.05, 3.63) is 29.3 Å². The highest BCUT2D eigenvalue weighted by atomic mass is 16.5. The number of benzene rings is 1. The minimum absolute atomic E-state index is 0.109. The van der Waals surface area contributed by atoms with Crippen LogP contribution in [0.15, 0.2) is 18.2 Å². The van der Waals surface area contributed by atoms with Crippen LogP contribution in [-0.4, -0.2) is 25.2 Å². The maximum absolute atomic E-state index is 12.0. The number of hydrazine groups is 1. The number of unbranched alkanes of at least 4 members (excludes halogenated alkanes) is 1. The Bertz CT molecular complexity index is 433. The second-order valence-electron chi connectivity index (χ2n) is 5.08. The molecule has 0 unspecified atom stereocenters. The molecule has 1 rings (SSSR count). The lowest BCUT2D eigenvalue weighted by Gasteiger charge is -2.11. The van der Waals surface area contributed by atoms with E-state index in [4.69, 9.17) is 10.6 Å². The van der Waals surface area contributed by atoms with E-state index < -0.39 is 0 Å². The molecule has 1 aromatic carbocycles. The minimum Gasteiger partial charge on any atom is -0.379 e.